The van der Waals surface area contributed by atoms with Crippen LogP contribution in [0.15, 0.2) is 48.7 Å². The van der Waals surface area contributed by atoms with E-state index in [4.69, 9.17) is 0 Å². The molecule has 2 rings (SSSR count). The number of unbranched alkanes of at least 4 members (excludes halogenated alkanes) is 2. The Kier molecular flexibility index (Phi) is 6.13. The second-order valence-electron chi connectivity index (χ2n) is 5.69. The molecule has 0 aliphatic heterocycles. The molecule has 0 bridgehead atoms. The number of benzene rings is 1. The Labute approximate surface area is 132 Å². The van der Waals surface area contributed by atoms with Gasteiger partial charge in [-0.05, 0) is 36.6 Å². The summed E-state index contributed by atoms with van der Waals surface area (Å²) >= 11 is 0. The topological polar surface area (TPSA) is 42.0 Å². The zero-order valence-electron chi connectivity index (χ0n) is 13.4. The molecule has 1 amide bonds. The number of hydrogen-bond donors (Lipinski definition) is 1. The molecule has 116 valence electrons. The van der Waals surface area contributed by atoms with E-state index >= 15 is 0 Å². The first-order valence-corrected chi connectivity index (χ1v) is 8.03. The van der Waals surface area contributed by atoms with Crippen LogP contribution in [0.1, 0.15) is 61.5 Å². The van der Waals surface area contributed by atoms with Gasteiger partial charge in [0.15, 0.2) is 0 Å². The third kappa shape index (κ3) is 4.69. The summed E-state index contributed by atoms with van der Waals surface area (Å²) < 4.78 is 0. The molecule has 2 aromatic rings. The molecule has 1 atom stereocenters. The van der Waals surface area contributed by atoms with Crippen LogP contribution in [0.25, 0.3) is 0 Å². The third-order valence-corrected chi connectivity index (χ3v) is 3.83. The van der Waals surface area contributed by atoms with E-state index in [2.05, 4.69) is 24.1 Å². The molecule has 3 nitrogen and oxygen atoms in total. The summed E-state index contributed by atoms with van der Waals surface area (Å²) in [6.07, 6.45) is 6.66. The Balaban J connectivity index is 1.93. The van der Waals surface area contributed by atoms with E-state index in [0.29, 0.717) is 11.5 Å². The Morgan fingerprint density at radius 1 is 1.14 bits per heavy atom. The number of carbonyl (C=O) groups excluding carboxylic acids is 1. The average molecular weight is 296 g/mol. The molecule has 1 N–H and O–H groups in total. The van der Waals surface area contributed by atoms with Crippen LogP contribution in [0, 0.1) is 0 Å². The average Bonchev–Trinajstić information content (AvgIpc) is 2.56. The molecule has 0 radical (unpaired) electrons. The van der Waals surface area contributed by atoms with Gasteiger partial charge in [0.1, 0.15) is 0 Å². The van der Waals surface area contributed by atoms with Crippen LogP contribution in [0.2, 0.25) is 0 Å². The van der Waals surface area contributed by atoms with Gasteiger partial charge in [-0.15, -0.1) is 0 Å². The largest absolute Gasteiger partial charge is 0.321 e. The second-order valence-corrected chi connectivity index (χ2v) is 5.69. The van der Waals surface area contributed by atoms with Gasteiger partial charge in [0, 0.05) is 11.3 Å². The van der Waals surface area contributed by atoms with Gasteiger partial charge in [-0.2, -0.15) is 0 Å². The van der Waals surface area contributed by atoms with Crippen LogP contribution in [0.3, 0.4) is 0 Å². The lowest BCUT2D eigenvalue weighted by molar-refractivity contribution is 0.102. The fourth-order valence-corrected chi connectivity index (χ4v) is 2.41. The molecule has 1 heterocycles. The van der Waals surface area contributed by atoms with Gasteiger partial charge in [-0.1, -0.05) is 51.3 Å². The maximum atomic E-state index is 12.1. The predicted molar refractivity (Wildman–Crippen MR) is 91.2 cm³/mol. The van der Waals surface area contributed by atoms with Gasteiger partial charge in [-0.3, -0.25) is 9.78 Å². The molecular weight excluding hydrogens is 272 g/mol. The predicted octanol–water partition coefficient (Wildman–Crippen LogP) is 5.02. The first kappa shape index (κ1) is 16.2. The van der Waals surface area contributed by atoms with Gasteiger partial charge < -0.3 is 5.32 Å². The van der Waals surface area contributed by atoms with E-state index in [1.54, 1.807) is 18.3 Å². The van der Waals surface area contributed by atoms with Gasteiger partial charge in [-0.25, -0.2) is 0 Å². The number of carbonyl (C=O) groups is 1. The molecule has 1 unspecified atom stereocenters. The SMILES string of the molecule is CCCCCC(C)c1ccc(NC(=O)c2ccccc2)cn1. The number of pyridine rings is 1. The first-order valence-electron chi connectivity index (χ1n) is 8.03. The normalized spacial score (nSPS) is 11.9. The van der Waals surface area contributed by atoms with Crippen LogP contribution in [-0.2, 0) is 0 Å². The van der Waals surface area contributed by atoms with E-state index in [1.807, 2.05) is 30.3 Å². The number of nitrogens with one attached hydrogen (secondary N) is 1. The Bertz CT molecular complexity index is 578. The smallest absolute Gasteiger partial charge is 0.255 e. The highest BCUT2D eigenvalue weighted by Gasteiger charge is 2.08. The lowest BCUT2D eigenvalue weighted by Gasteiger charge is -2.11. The minimum atomic E-state index is -0.105. The quantitative estimate of drug-likeness (QED) is 0.729. The molecule has 0 saturated carbocycles. The highest BCUT2D eigenvalue weighted by molar-refractivity contribution is 6.04. The lowest BCUT2D eigenvalue weighted by Crippen LogP contribution is -2.12. The van der Waals surface area contributed by atoms with Gasteiger partial charge in [0.05, 0.1) is 11.9 Å². The second kappa shape index (κ2) is 8.32. The summed E-state index contributed by atoms with van der Waals surface area (Å²) in [6, 6.07) is 13.1. The van der Waals surface area contributed by atoms with Crippen molar-refractivity contribution in [1.82, 2.24) is 4.98 Å². The molecule has 22 heavy (non-hydrogen) atoms. The summed E-state index contributed by atoms with van der Waals surface area (Å²) in [5, 5.41) is 2.88. The summed E-state index contributed by atoms with van der Waals surface area (Å²) in [7, 11) is 0. The number of nitrogens with zero attached hydrogens (tertiary/aromatic N) is 1. The third-order valence-electron chi connectivity index (χ3n) is 3.83. The Morgan fingerprint density at radius 3 is 2.55 bits per heavy atom. The van der Waals surface area contributed by atoms with Crippen molar-refractivity contribution in [3.8, 4) is 0 Å². The summed E-state index contributed by atoms with van der Waals surface area (Å²) in [4.78, 5) is 16.6. The van der Waals surface area contributed by atoms with Gasteiger partial charge in [0.2, 0.25) is 0 Å². The molecule has 1 aromatic carbocycles. The van der Waals surface area contributed by atoms with Gasteiger partial charge >= 0.3 is 0 Å². The van der Waals surface area contributed by atoms with E-state index < -0.39 is 0 Å². The highest BCUT2D eigenvalue weighted by Crippen LogP contribution is 2.21. The molecule has 3 heteroatoms. The highest BCUT2D eigenvalue weighted by atomic mass is 16.1. The standard InChI is InChI=1S/C19H24N2O/c1-3-4-6-9-15(2)18-13-12-17(14-20-18)21-19(22)16-10-7-5-8-11-16/h5,7-8,10-15H,3-4,6,9H2,1-2H3,(H,21,22). The number of anilines is 1. The molecule has 1 aromatic heterocycles. The van der Waals surface area contributed by atoms with E-state index in [-0.39, 0.29) is 5.91 Å². The van der Waals surface area contributed by atoms with Crippen molar-refractivity contribution in [2.45, 2.75) is 45.4 Å². The maximum absolute atomic E-state index is 12.1. The number of amides is 1. The van der Waals surface area contributed by atoms with Crippen molar-refractivity contribution in [2.24, 2.45) is 0 Å². The van der Waals surface area contributed by atoms with E-state index in [0.717, 1.165) is 17.8 Å². The lowest BCUT2D eigenvalue weighted by atomic mass is 9.99. The van der Waals surface area contributed by atoms with Crippen LogP contribution in [-0.4, -0.2) is 10.9 Å². The summed E-state index contributed by atoms with van der Waals surface area (Å²) in [6.45, 7) is 4.42. The fraction of sp³-hybridized carbons (Fsp3) is 0.368. The van der Waals surface area contributed by atoms with Crippen molar-refractivity contribution in [2.75, 3.05) is 5.32 Å². The van der Waals surface area contributed by atoms with Crippen LogP contribution in [0.4, 0.5) is 5.69 Å². The van der Waals surface area contributed by atoms with Crippen molar-refractivity contribution in [3.63, 3.8) is 0 Å². The molecule has 0 fully saturated rings. The molecule has 0 spiro atoms. The zero-order chi connectivity index (χ0) is 15.8. The van der Waals surface area contributed by atoms with Crippen molar-refractivity contribution in [3.05, 3.63) is 59.9 Å². The zero-order valence-corrected chi connectivity index (χ0v) is 13.4. The minimum Gasteiger partial charge on any atom is -0.321 e. The van der Waals surface area contributed by atoms with E-state index in [1.165, 1.54) is 19.3 Å². The maximum Gasteiger partial charge on any atom is 0.255 e. The first-order chi connectivity index (χ1) is 10.7. The Morgan fingerprint density at radius 2 is 1.91 bits per heavy atom. The summed E-state index contributed by atoms with van der Waals surface area (Å²) in [5.74, 6) is 0.358. The van der Waals surface area contributed by atoms with Crippen LogP contribution >= 0.6 is 0 Å². The molecule has 0 aliphatic carbocycles. The monoisotopic (exact) mass is 296 g/mol. The van der Waals surface area contributed by atoms with Crippen molar-refractivity contribution >= 4 is 11.6 Å². The Hall–Kier alpha value is -2.16. The molecule has 0 saturated heterocycles. The number of aromatic nitrogens is 1. The summed E-state index contributed by atoms with van der Waals surface area (Å²) in [5.41, 5.74) is 2.48. The number of hydrogen-bond acceptors (Lipinski definition) is 2. The molecule has 0 aliphatic rings. The number of rotatable bonds is 7. The van der Waals surface area contributed by atoms with Crippen molar-refractivity contribution in [1.29, 1.82) is 0 Å². The van der Waals surface area contributed by atoms with Crippen LogP contribution in [0.5, 0.6) is 0 Å². The van der Waals surface area contributed by atoms with Crippen LogP contribution < -0.4 is 5.32 Å². The van der Waals surface area contributed by atoms with E-state index in [9.17, 15) is 4.79 Å². The minimum absolute atomic E-state index is 0.105. The van der Waals surface area contributed by atoms with Crippen molar-refractivity contribution < 1.29 is 4.79 Å². The molecular formula is C19H24N2O. The fourth-order valence-electron chi connectivity index (χ4n) is 2.41. The van der Waals surface area contributed by atoms with Gasteiger partial charge in [0.25, 0.3) is 5.91 Å².